The van der Waals surface area contributed by atoms with Gasteiger partial charge < -0.3 is 10.2 Å². The first-order valence-corrected chi connectivity index (χ1v) is 8.08. The van der Waals surface area contributed by atoms with Gasteiger partial charge in [-0.1, -0.05) is 30.3 Å². The van der Waals surface area contributed by atoms with Gasteiger partial charge in [0.05, 0.1) is 17.3 Å². The van der Waals surface area contributed by atoms with E-state index in [0.717, 1.165) is 42.2 Å². The number of fused-ring (bicyclic) bond motifs is 1. The summed E-state index contributed by atoms with van der Waals surface area (Å²) in [5, 5.41) is 8.95. The Hall–Kier alpha value is -2.56. The Morgan fingerprint density at radius 3 is 2.57 bits per heavy atom. The smallest absolute Gasteiger partial charge is 0.161 e. The molecule has 0 saturated carbocycles. The number of rotatable bonds is 6. The van der Waals surface area contributed by atoms with Gasteiger partial charge in [-0.15, -0.1) is 0 Å². The topological polar surface area (TPSA) is 46.0 Å². The molecule has 0 fully saturated rings. The van der Waals surface area contributed by atoms with Crippen molar-refractivity contribution < 1.29 is 0 Å². The molecule has 0 bridgehead atoms. The van der Waals surface area contributed by atoms with Crippen LogP contribution in [0, 0.1) is 0 Å². The van der Waals surface area contributed by atoms with Crippen molar-refractivity contribution in [3.8, 4) is 0 Å². The molecule has 0 radical (unpaired) electrons. The van der Waals surface area contributed by atoms with E-state index >= 15 is 0 Å². The van der Waals surface area contributed by atoms with Crippen molar-refractivity contribution in [2.75, 3.05) is 23.3 Å². The highest BCUT2D eigenvalue weighted by Crippen LogP contribution is 2.27. The first kappa shape index (κ1) is 15.3. The Balaban J connectivity index is 1.97. The van der Waals surface area contributed by atoms with Gasteiger partial charge in [-0.3, -0.25) is 4.68 Å². The predicted molar refractivity (Wildman–Crippen MR) is 95.8 cm³/mol. The van der Waals surface area contributed by atoms with Crippen molar-refractivity contribution in [3.05, 3.63) is 48.2 Å². The summed E-state index contributed by atoms with van der Waals surface area (Å²) >= 11 is 0. The second-order valence-electron chi connectivity index (χ2n) is 5.54. The van der Waals surface area contributed by atoms with E-state index in [1.807, 2.05) is 24.0 Å². The molecule has 0 saturated heterocycles. The maximum atomic E-state index is 4.78. The Morgan fingerprint density at radius 2 is 1.87 bits per heavy atom. The van der Waals surface area contributed by atoms with Crippen LogP contribution in [0.1, 0.15) is 19.4 Å². The second kappa shape index (κ2) is 6.69. The molecule has 1 aromatic carbocycles. The lowest BCUT2D eigenvalue weighted by Crippen LogP contribution is -2.23. The predicted octanol–water partition coefficient (Wildman–Crippen LogP) is 3.43. The van der Waals surface area contributed by atoms with Gasteiger partial charge in [-0.25, -0.2) is 4.98 Å². The van der Waals surface area contributed by atoms with E-state index in [1.54, 1.807) is 0 Å². The molecule has 0 spiro atoms. The Labute approximate surface area is 136 Å². The molecule has 0 atom stereocenters. The number of hydrogen-bond acceptors (Lipinski definition) is 4. The number of benzene rings is 1. The molecule has 3 rings (SSSR count). The summed E-state index contributed by atoms with van der Waals surface area (Å²) in [4.78, 5) is 7.03. The minimum Gasteiger partial charge on any atom is -0.380 e. The average Bonchev–Trinajstić information content (AvgIpc) is 2.96. The number of hydrogen-bond donors (Lipinski definition) is 1. The van der Waals surface area contributed by atoms with E-state index < -0.39 is 0 Å². The molecular formula is C18H23N5. The van der Waals surface area contributed by atoms with Gasteiger partial charge in [0.1, 0.15) is 5.82 Å². The lowest BCUT2D eigenvalue weighted by atomic mass is 10.2. The molecule has 0 aliphatic carbocycles. The molecule has 0 aliphatic rings. The van der Waals surface area contributed by atoms with Crippen molar-refractivity contribution in [2.45, 2.75) is 20.4 Å². The summed E-state index contributed by atoms with van der Waals surface area (Å²) in [7, 11) is 1.93. The largest absolute Gasteiger partial charge is 0.380 e. The monoisotopic (exact) mass is 309 g/mol. The van der Waals surface area contributed by atoms with Crippen LogP contribution >= 0.6 is 0 Å². The maximum Gasteiger partial charge on any atom is 0.161 e. The second-order valence-corrected chi connectivity index (χ2v) is 5.54. The summed E-state index contributed by atoms with van der Waals surface area (Å²) in [6.45, 7) is 6.95. The average molecular weight is 309 g/mol. The Morgan fingerprint density at radius 1 is 1.13 bits per heavy atom. The van der Waals surface area contributed by atoms with Crippen LogP contribution in [-0.4, -0.2) is 27.9 Å². The summed E-state index contributed by atoms with van der Waals surface area (Å²) in [6.07, 6.45) is 1.88. The number of nitrogens with zero attached hydrogens (tertiary/aromatic N) is 4. The highest BCUT2D eigenvalue weighted by molar-refractivity contribution is 5.90. The van der Waals surface area contributed by atoms with Crippen LogP contribution in [-0.2, 0) is 13.6 Å². The lowest BCUT2D eigenvalue weighted by Gasteiger charge is -2.21. The van der Waals surface area contributed by atoms with E-state index in [9.17, 15) is 0 Å². The maximum absolute atomic E-state index is 4.78. The molecule has 5 heteroatoms. The van der Waals surface area contributed by atoms with E-state index in [2.05, 4.69) is 59.5 Å². The number of anilines is 2. The molecule has 23 heavy (non-hydrogen) atoms. The fraction of sp³-hybridized carbons (Fsp3) is 0.333. The molecule has 2 aromatic heterocycles. The van der Waals surface area contributed by atoms with Gasteiger partial charge in [0.2, 0.25) is 0 Å². The molecule has 2 heterocycles. The fourth-order valence-electron chi connectivity index (χ4n) is 2.75. The first-order chi connectivity index (χ1) is 11.2. The summed E-state index contributed by atoms with van der Waals surface area (Å²) < 4.78 is 1.83. The van der Waals surface area contributed by atoms with Gasteiger partial charge in [-0.05, 0) is 19.4 Å². The van der Waals surface area contributed by atoms with Gasteiger partial charge in [0.15, 0.2) is 5.65 Å². The molecule has 0 unspecified atom stereocenters. The first-order valence-electron chi connectivity index (χ1n) is 8.08. The summed E-state index contributed by atoms with van der Waals surface area (Å²) in [5.41, 5.74) is 3.24. The van der Waals surface area contributed by atoms with Crippen LogP contribution in [0.3, 0.4) is 0 Å². The van der Waals surface area contributed by atoms with E-state index in [1.165, 1.54) is 5.56 Å². The minimum atomic E-state index is 0.784. The van der Waals surface area contributed by atoms with Crippen LogP contribution in [0.4, 0.5) is 11.5 Å². The zero-order valence-electron chi connectivity index (χ0n) is 14.0. The Kier molecular flexibility index (Phi) is 4.46. The summed E-state index contributed by atoms with van der Waals surface area (Å²) in [5.74, 6) is 0.988. The quantitative estimate of drug-likeness (QED) is 0.758. The van der Waals surface area contributed by atoms with Crippen molar-refractivity contribution in [1.29, 1.82) is 0 Å². The molecule has 1 N–H and O–H groups in total. The fourth-order valence-corrected chi connectivity index (χ4v) is 2.75. The third kappa shape index (κ3) is 3.13. The van der Waals surface area contributed by atoms with Gasteiger partial charge in [-0.2, -0.15) is 5.10 Å². The minimum absolute atomic E-state index is 0.784. The van der Waals surface area contributed by atoms with Gasteiger partial charge in [0.25, 0.3) is 0 Å². The molecule has 3 aromatic rings. The van der Waals surface area contributed by atoms with Crippen molar-refractivity contribution >= 4 is 22.5 Å². The number of aromatic nitrogens is 3. The van der Waals surface area contributed by atoms with E-state index in [-0.39, 0.29) is 0 Å². The lowest BCUT2D eigenvalue weighted by molar-refractivity contribution is 0.781. The van der Waals surface area contributed by atoms with Crippen LogP contribution in [0.5, 0.6) is 0 Å². The normalized spacial score (nSPS) is 10.9. The van der Waals surface area contributed by atoms with Crippen molar-refractivity contribution in [1.82, 2.24) is 14.8 Å². The van der Waals surface area contributed by atoms with Crippen LogP contribution in [0.15, 0.2) is 42.6 Å². The number of nitrogens with one attached hydrogen (secondary N) is 1. The number of pyridine rings is 1. The standard InChI is InChI=1S/C18H23N5/c1-4-23(5-2)17-11-16(15-13-20-22(3)18(15)21-17)19-12-14-9-7-6-8-10-14/h6-11,13H,4-5,12H2,1-3H3,(H,19,21). The molecule has 0 aliphatic heterocycles. The van der Waals surface area contributed by atoms with E-state index in [0.29, 0.717) is 0 Å². The van der Waals surface area contributed by atoms with E-state index in [4.69, 9.17) is 4.98 Å². The zero-order chi connectivity index (χ0) is 16.2. The number of aryl methyl sites for hydroxylation is 1. The van der Waals surface area contributed by atoms with Crippen LogP contribution in [0.2, 0.25) is 0 Å². The van der Waals surface area contributed by atoms with Crippen molar-refractivity contribution in [2.24, 2.45) is 7.05 Å². The van der Waals surface area contributed by atoms with Crippen LogP contribution in [0.25, 0.3) is 11.0 Å². The molecular weight excluding hydrogens is 286 g/mol. The van der Waals surface area contributed by atoms with Gasteiger partial charge >= 0.3 is 0 Å². The van der Waals surface area contributed by atoms with Crippen LogP contribution < -0.4 is 10.2 Å². The van der Waals surface area contributed by atoms with Crippen molar-refractivity contribution in [3.63, 3.8) is 0 Å². The zero-order valence-corrected chi connectivity index (χ0v) is 14.0. The Bertz CT molecular complexity index is 775. The molecule has 5 nitrogen and oxygen atoms in total. The third-order valence-corrected chi connectivity index (χ3v) is 4.10. The highest BCUT2D eigenvalue weighted by Gasteiger charge is 2.12. The molecule has 120 valence electrons. The van der Waals surface area contributed by atoms with Gasteiger partial charge in [0, 0.05) is 32.7 Å². The molecule has 0 amide bonds. The summed E-state index contributed by atoms with van der Waals surface area (Å²) in [6, 6.07) is 12.5. The SMILES string of the molecule is CCN(CC)c1cc(NCc2ccccc2)c2cnn(C)c2n1. The highest BCUT2D eigenvalue weighted by atomic mass is 15.3. The third-order valence-electron chi connectivity index (χ3n) is 4.10.